The SMILES string of the molecule is [2H]c1c(C(F)(F)F)ccc(-c2cnc3cc(O)ccc3c2)c1F. The van der Waals surface area contributed by atoms with Gasteiger partial charge in [-0.05, 0) is 30.3 Å². The number of alkyl halides is 3. The van der Waals surface area contributed by atoms with Crippen LogP contribution in [0.25, 0.3) is 22.0 Å². The van der Waals surface area contributed by atoms with Gasteiger partial charge in [0.1, 0.15) is 11.6 Å². The van der Waals surface area contributed by atoms with E-state index in [1.54, 1.807) is 6.07 Å². The van der Waals surface area contributed by atoms with Crippen molar-refractivity contribution in [3.8, 4) is 16.9 Å². The van der Waals surface area contributed by atoms with Crippen LogP contribution in [0.3, 0.4) is 0 Å². The van der Waals surface area contributed by atoms with Crippen molar-refractivity contribution >= 4 is 10.9 Å². The van der Waals surface area contributed by atoms with Gasteiger partial charge in [0, 0.05) is 28.8 Å². The standard InChI is InChI=1S/C16H9F4NO/c17-14-6-11(16(18,19)20)2-4-13(14)10-5-9-1-3-12(22)7-15(9)21-8-10/h1-8,22H/i6D. The predicted molar refractivity (Wildman–Crippen MR) is 73.8 cm³/mol. The average molecular weight is 308 g/mol. The van der Waals surface area contributed by atoms with E-state index in [4.69, 9.17) is 1.37 Å². The molecule has 0 spiro atoms. The van der Waals surface area contributed by atoms with Crippen molar-refractivity contribution in [2.24, 2.45) is 0 Å². The van der Waals surface area contributed by atoms with Crippen molar-refractivity contribution in [3.63, 3.8) is 0 Å². The highest BCUT2D eigenvalue weighted by molar-refractivity contribution is 5.84. The van der Waals surface area contributed by atoms with E-state index in [1.165, 1.54) is 24.4 Å². The zero-order valence-corrected chi connectivity index (χ0v) is 10.9. The molecule has 1 N–H and O–H groups in total. The number of hydrogen-bond acceptors (Lipinski definition) is 2. The summed E-state index contributed by atoms with van der Waals surface area (Å²) in [5.41, 5.74) is -0.738. The van der Waals surface area contributed by atoms with E-state index in [1.807, 2.05) is 0 Å². The topological polar surface area (TPSA) is 33.1 Å². The Morgan fingerprint density at radius 2 is 1.86 bits per heavy atom. The van der Waals surface area contributed by atoms with Gasteiger partial charge in [0.2, 0.25) is 0 Å². The molecule has 0 saturated carbocycles. The van der Waals surface area contributed by atoms with Gasteiger partial charge in [-0.1, -0.05) is 6.07 Å². The third-order valence-corrected chi connectivity index (χ3v) is 3.18. The quantitative estimate of drug-likeness (QED) is 0.657. The number of phenols is 1. The second-order valence-corrected chi connectivity index (χ2v) is 4.70. The maximum atomic E-state index is 14.2. The first-order chi connectivity index (χ1) is 10.8. The molecule has 0 atom stereocenters. The summed E-state index contributed by atoms with van der Waals surface area (Å²) in [5, 5.41) is 9.96. The molecule has 0 aliphatic rings. The van der Waals surface area contributed by atoms with Gasteiger partial charge in [-0.15, -0.1) is 0 Å². The number of pyridine rings is 1. The second-order valence-electron chi connectivity index (χ2n) is 4.70. The summed E-state index contributed by atoms with van der Waals surface area (Å²) in [6.07, 6.45) is -3.50. The molecular weight excluding hydrogens is 298 g/mol. The first-order valence-electron chi connectivity index (χ1n) is 6.73. The van der Waals surface area contributed by atoms with Crippen LogP contribution in [-0.2, 0) is 6.18 Å². The van der Waals surface area contributed by atoms with Gasteiger partial charge < -0.3 is 5.11 Å². The lowest BCUT2D eigenvalue weighted by Gasteiger charge is -2.09. The fraction of sp³-hybridized carbons (Fsp3) is 0.0625. The minimum absolute atomic E-state index is 0.0203. The van der Waals surface area contributed by atoms with Crippen molar-refractivity contribution in [3.05, 3.63) is 60.0 Å². The van der Waals surface area contributed by atoms with Gasteiger partial charge in [0.25, 0.3) is 0 Å². The molecule has 0 fully saturated rings. The van der Waals surface area contributed by atoms with Crippen molar-refractivity contribution in [1.29, 1.82) is 0 Å². The molecule has 1 aromatic heterocycles. The summed E-state index contributed by atoms with van der Waals surface area (Å²) < 4.78 is 59.6. The number of aromatic nitrogens is 1. The average Bonchev–Trinajstić information content (AvgIpc) is 2.48. The van der Waals surface area contributed by atoms with Crippen molar-refractivity contribution in [2.75, 3.05) is 0 Å². The number of halogens is 4. The molecule has 2 aromatic carbocycles. The van der Waals surface area contributed by atoms with E-state index in [9.17, 15) is 22.7 Å². The van der Waals surface area contributed by atoms with E-state index in [0.717, 1.165) is 6.07 Å². The first kappa shape index (κ1) is 13.1. The monoisotopic (exact) mass is 308 g/mol. The van der Waals surface area contributed by atoms with Crippen LogP contribution in [0.4, 0.5) is 17.6 Å². The van der Waals surface area contributed by atoms with Gasteiger partial charge in [-0.2, -0.15) is 13.2 Å². The fourth-order valence-electron chi connectivity index (χ4n) is 2.11. The minimum Gasteiger partial charge on any atom is -0.508 e. The van der Waals surface area contributed by atoms with Gasteiger partial charge in [-0.25, -0.2) is 4.39 Å². The number of phenolic OH excluding ortho intramolecular Hbond substituents is 1. The molecule has 3 rings (SSSR count). The van der Waals surface area contributed by atoms with E-state index >= 15 is 0 Å². The summed E-state index contributed by atoms with van der Waals surface area (Å²) in [6.45, 7) is 0. The summed E-state index contributed by atoms with van der Waals surface area (Å²) in [6, 6.07) is 6.41. The largest absolute Gasteiger partial charge is 0.508 e. The Morgan fingerprint density at radius 3 is 2.59 bits per heavy atom. The third kappa shape index (κ3) is 2.59. The van der Waals surface area contributed by atoms with E-state index in [-0.39, 0.29) is 16.9 Å². The van der Waals surface area contributed by atoms with Crippen molar-refractivity contribution in [2.45, 2.75) is 6.18 Å². The van der Waals surface area contributed by atoms with Crippen LogP contribution in [0.5, 0.6) is 5.75 Å². The third-order valence-electron chi connectivity index (χ3n) is 3.18. The molecule has 1 heterocycles. The number of hydrogen-bond donors (Lipinski definition) is 1. The molecule has 3 aromatic rings. The van der Waals surface area contributed by atoms with E-state index < -0.39 is 23.6 Å². The van der Waals surface area contributed by atoms with Crippen LogP contribution >= 0.6 is 0 Å². The maximum Gasteiger partial charge on any atom is 0.416 e. The van der Waals surface area contributed by atoms with Crippen LogP contribution in [-0.4, -0.2) is 10.1 Å². The lowest BCUT2D eigenvalue weighted by atomic mass is 10.0. The highest BCUT2D eigenvalue weighted by atomic mass is 19.4. The molecule has 0 aliphatic carbocycles. The Hall–Kier alpha value is -2.63. The predicted octanol–water partition coefficient (Wildman–Crippen LogP) is 4.77. The smallest absolute Gasteiger partial charge is 0.416 e. The van der Waals surface area contributed by atoms with Crippen LogP contribution in [0.2, 0.25) is 0 Å². The van der Waals surface area contributed by atoms with Crippen LogP contribution in [0, 0.1) is 5.82 Å². The molecule has 0 unspecified atom stereocenters. The summed E-state index contributed by atoms with van der Waals surface area (Å²) in [5.74, 6) is -1.23. The number of aromatic hydroxyl groups is 1. The number of fused-ring (bicyclic) bond motifs is 1. The maximum absolute atomic E-state index is 14.2. The molecular formula is C16H9F4NO. The van der Waals surface area contributed by atoms with Crippen molar-refractivity contribution < 1.29 is 24.0 Å². The van der Waals surface area contributed by atoms with Crippen LogP contribution in [0.1, 0.15) is 6.93 Å². The molecule has 0 bridgehead atoms. The molecule has 112 valence electrons. The number of nitrogens with zero attached hydrogens (tertiary/aromatic N) is 1. The zero-order chi connectivity index (χ0) is 16.8. The fourth-order valence-corrected chi connectivity index (χ4v) is 2.11. The highest BCUT2D eigenvalue weighted by Gasteiger charge is 2.31. The number of benzene rings is 2. The molecule has 6 heteroatoms. The number of rotatable bonds is 1. The highest BCUT2D eigenvalue weighted by Crippen LogP contribution is 2.33. The lowest BCUT2D eigenvalue weighted by Crippen LogP contribution is -2.05. The summed E-state index contributed by atoms with van der Waals surface area (Å²) in [7, 11) is 0. The van der Waals surface area contributed by atoms with Gasteiger partial charge in [0.15, 0.2) is 0 Å². The van der Waals surface area contributed by atoms with Crippen LogP contribution < -0.4 is 0 Å². The van der Waals surface area contributed by atoms with Crippen LogP contribution in [0.15, 0.2) is 48.6 Å². The van der Waals surface area contributed by atoms with Gasteiger partial charge in [-0.3, -0.25) is 4.98 Å². The summed E-state index contributed by atoms with van der Waals surface area (Å²) >= 11 is 0. The molecule has 22 heavy (non-hydrogen) atoms. The van der Waals surface area contributed by atoms with E-state index in [0.29, 0.717) is 17.0 Å². The normalized spacial score (nSPS) is 12.5. The molecule has 2 nitrogen and oxygen atoms in total. The zero-order valence-electron chi connectivity index (χ0n) is 11.9. The Balaban J connectivity index is 2.15. The Morgan fingerprint density at radius 1 is 1.09 bits per heavy atom. The van der Waals surface area contributed by atoms with Crippen molar-refractivity contribution in [1.82, 2.24) is 4.98 Å². The lowest BCUT2D eigenvalue weighted by molar-refractivity contribution is -0.137. The van der Waals surface area contributed by atoms with Gasteiger partial charge >= 0.3 is 6.18 Å². The van der Waals surface area contributed by atoms with Gasteiger partial charge in [0.05, 0.1) is 12.5 Å². The molecule has 0 aliphatic heterocycles. The second kappa shape index (κ2) is 4.98. The first-order valence-corrected chi connectivity index (χ1v) is 6.23. The van der Waals surface area contributed by atoms with E-state index in [2.05, 4.69) is 4.98 Å². The Kier molecular flexibility index (Phi) is 2.96. The Labute approximate surface area is 124 Å². The molecule has 0 radical (unpaired) electrons. The minimum atomic E-state index is -4.78. The summed E-state index contributed by atoms with van der Waals surface area (Å²) in [4.78, 5) is 4.05. The Bertz CT molecular complexity index is 908. The molecule has 0 amide bonds. The molecule has 0 saturated heterocycles.